The fourth-order valence-electron chi connectivity index (χ4n) is 3.63. The van der Waals surface area contributed by atoms with E-state index in [1.54, 1.807) is 6.92 Å². The molecule has 34 heavy (non-hydrogen) atoms. The highest BCUT2D eigenvalue weighted by Crippen LogP contribution is 2.40. The maximum absolute atomic E-state index is 12.7. The monoisotopic (exact) mass is 528 g/mol. The van der Waals surface area contributed by atoms with Gasteiger partial charge in [0, 0.05) is 12.0 Å². The van der Waals surface area contributed by atoms with Gasteiger partial charge in [0.25, 0.3) is 0 Å². The van der Waals surface area contributed by atoms with Crippen molar-refractivity contribution in [3.05, 3.63) is 24.5 Å². The molecule has 0 amide bonds. The van der Waals surface area contributed by atoms with E-state index in [-0.39, 0.29) is 29.8 Å². The molecule has 10 heteroatoms. The summed E-state index contributed by atoms with van der Waals surface area (Å²) in [5.41, 5.74) is -4.44. The smallest absolute Gasteiger partial charge is 0.414 e. The van der Waals surface area contributed by atoms with Gasteiger partial charge in [-0.05, 0) is 55.8 Å². The van der Waals surface area contributed by atoms with Crippen LogP contribution in [0.25, 0.3) is 0 Å². The van der Waals surface area contributed by atoms with Gasteiger partial charge in [-0.15, -0.1) is 0 Å². The van der Waals surface area contributed by atoms with E-state index in [1.165, 1.54) is 0 Å². The number of ether oxygens (including phenoxy) is 1. The Balaban J connectivity index is 2.91. The molecule has 0 aromatic rings. The highest BCUT2D eigenvalue weighted by molar-refractivity contribution is 7.87. The molecule has 0 saturated carbocycles. The Morgan fingerprint density at radius 2 is 1.82 bits per heavy atom. The van der Waals surface area contributed by atoms with E-state index < -0.39 is 35.6 Å². The normalized spacial score (nSPS) is 22.0. The van der Waals surface area contributed by atoms with Gasteiger partial charge in [-0.2, -0.15) is 21.6 Å². The van der Waals surface area contributed by atoms with E-state index in [2.05, 4.69) is 58.1 Å². The molecule has 0 aliphatic carbocycles. The van der Waals surface area contributed by atoms with Gasteiger partial charge in [0.2, 0.25) is 0 Å². The Bertz CT molecular complexity index is 802. The molecule has 1 heterocycles. The molecule has 0 spiro atoms. The molecular formula is C24H43F3O5SSi. The standard InChI is InChI=1S/C24H43F3O5SSi/c1-10-11-12-20-16-18(3)22(30-20)14-13-21(32-34(8,9)23(5,6)7)15-17(2)19(4)31-33(28,29)24(25,26)27/h17,20-22H,3-4,10-16H2,1-2,5-9H3/t17-,20?,21-,22+/m1/s1. The predicted octanol–water partition coefficient (Wildman–Crippen LogP) is 7.47. The number of allylic oxidation sites excluding steroid dienone is 1. The third kappa shape index (κ3) is 8.99. The van der Waals surface area contributed by atoms with Crippen LogP contribution < -0.4 is 0 Å². The molecule has 1 unspecified atom stereocenters. The van der Waals surface area contributed by atoms with Gasteiger partial charge in [-0.25, -0.2) is 0 Å². The summed E-state index contributed by atoms with van der Waals surface area (Å²) in [6.07, 6.45) is 5.42. The molecule has 5 nitrogen and oxygen atoms in total. The summed E-state index contributed by atoms with van der Waals surface area (Å²) in [5, 5.41) is -0.0691. The van der Waals surface area contributed by atoms with Gasteiger partial charge < -0.3 is 13.3 Å². The van der Waals surface area contributed by atoms with Crippen LogP contribution in [0.1, 0.15) is 79.6 Å². The minimum atomic E-state index is -5.75. The lowest BCUT2D eigenvalue weighted by Crippen LogP contribution is -2.44. The van der Waals surface area contributed by atoms with E-state index in [0.29, 0.717) is 12.8 Å². The zero-order valence-electron chi connectivity index (χ0n) is 21.8. The minimum absolute atomic E-state index is 0.0691. The van der Waals surface area contributed by atoms with Crippen molar-refractivity contribution in [2.24, 2.45) is 5.92 Å². The number of alkyl halides is 3. The summed E-state index contributed by atoms with van der Waals surface area (Å²) in [4.78, 5) is 0. The van der Waals surface area contributed by atoms with Crippen molar-refractivity contribution >= 4 is 18.4 Å². The Hall–Kier alpha value is -0.843. The summed E-state index contributed by atoms with van der Waals surface area (Å²) >= 11 is 0. The van der Waals surface area contributed by atoms with Crippen LogP contribution in [0.3, 0.4) is 0 Å². The average Bonchev–Trinajstić information content (AvgIpc) is 3.01. The van der Waals surface area contributed by atoms with Crippen LogP contribution in [-0.2, 0) is 23.5 Å². The second-order valence-corrected chi connectivity index (χ2v) is 17.2. The molecule has 1 rings (SSSR count). The lowest BCUT2D eigenvalue weighted by molar-refractivity contribution is -0.0527. The Morgan fingerprint density at radius 1 is 1.24 bits per heavy atom. The van der Waals surface area contributed by atoms with Crippen molar-refractivity contribution in [3.8, 4) is 0 Å². The van der Waals surface area contributed by atoms with Crippen molar-refractivity contribution in [1.82, 2.24) is 0 Å². The van der Waals surface area contributed by atoms with Gasteiger partial charge >= 0.3 is 15.6 Å². The minimum Gasteiger partial charge on any atom is -0.414 e. The van der Waals surface area contributed by atoms with Crippen LogP contribution in [0.5, 0.6) is 0 Å². The van der Waals surface area contributed by atoms with Gasteiger partial charge in [0.15, 0.2) is 8.32 Å². The quantitative estimate of drug-likeness (QED) is 0.0816. The van der Waals surface area contributed by atoms with Crippen LogP contribution >= 0.6 is 0 Å². The molecule has 4 atom stereocenters. The van der Waals surface area contributed by atoms with E-state index in [0.717, 1.165) is 31.3 Å². The van der Waals surface area contributed by atoms with Gasteiger partial charge in [0.05, 0.1) is 12.2 Å². The van der Waals surface area contributed by atoms with Crippen LogP contribution in [0.4, 0.5) is 13.2 Å². The molecule has 0 radical (unpaired) electrons. The molecule has 0 aromatic heterocycles. The van der Waals surface area contributed by atoms with Crippen LogP contribution in [0.2, 0.25) is 18.1 Å². The van der Waals surface area contributed by atoms with E-state index in [9.17, 15) is 21.6 Å². The highest BCUT2D eigenvalue weighted by Gasteiger charge is 2.49. The van der Waals surface area contributed by atoms with Crippen LogP contribution in [-0.4, -0.2) is 40.6 Å². The molecule has 1 saturated heterocycles. The second kappa shape index (κ2) is 11.9. The number of hydrogen-bond acceptors (Lipinski definition) is 5. The second-order valence-electron chi connectivity index (χ2n) is 10.9. The molecule has 200 valence electrons. The first-order chi connectivity index (χ1) is 15.3. The van der Waals surface area contributed by atoms with Gasteiger partial charge in [0.1, 0.15) is 5.76 Å². The number of hydrogen-bond donors (Lipinski definition) is 0. The fraction of sp³-hybridized carbons (Fsp3) is 0.833. The summed E-state index contributed by atoms with van der Waals surface area (Å²) in [7, 11) is -7.95. The largest absolute Gasteiger partial charge is 0.534 e. The van der Waals surface area contributed by atoms with Crippen molar-refractivity contribution in [2.75, 3.05) is 0 Å². The zero-order valence-corrected chi connectivity index (χ0v) is 23.6. The number of unbranched alkanes of at least 4 members (excludes halogenated alkanes) is 1. The van der Waals surface area contributed by atoms with Crippen molar-refractivity contribution in [2.45, 2.75) is 122 Å². The lowest BCUT2D eigenvalue weighted by atomic mass is 9.96. The molecule has 0 N–H and O–H groups in total. The van der Waals surface area contributed by atoms with Crippen molar-refractivity contribution < 1.29 is 34.9 Å². The number of rotatable bonds is 13. The van der Waals surface area contributed by atoms with Gasteiger partial charge in [-0.3, -0.25) is 0 Å². The first-order valence-electron chi connectivity index (χ1n) is 12.0. The van der Waals surface area contributed by atoms with Crippen LogP contribution in [0, 0.1) is 5.92 Å². The maximum Gasteiger partial charge on any atom is 0.534 e. The first-order valence-corrected chi connectivity index (χ1v) is 16.3. The van der Waals surface area contributed by atoms with E-state index in [4.69, 9.17) is 9.16 Å². The SMILES string of the molecule is C=C(OS(=O)(=O)C(F)(F)F)[C@H](C)C[C@@H](CC[C@@H]1OC(CCCC)CC1=C)O[Si](C)(C)C(C)(C)C. The van der Waals surface area contributed by atoms with Gasteiger partial charge in [-0.1, -0.05) is 60.6 Å². The molecule has 1 fully saturated rings. The number of halogens is 3. The topological polar surface area (TPSA) is 61.8 Å². The molecule has 1 aliphatic rings. The Morgan fingerprint density at radius 3 is 2.32 bits per heavy atom. The van der Waals surface area contributed by atoms with E-state index in [1.807, 2.05) is 0 Å². The third-order valence-corrected chi connectivity index (χ3v) is 12.4. The Labute approximate surface area is 205 Å². The fourth-order valence-corrected chi connectivity index (χ4v) is 5.57. The predicted molar refractivity (Wildman–Crippen MR) is 132 cm³/mol. The molecule has 0 aromatic carbocycles. The summed E-state index contributed by atoms with van der Waals surface area (Å²) < 4.78 is 78.0. The molecule has 0 bridgehead atoms. The zero-order chi connectivity index (χ0) is 26.5. The first kappa shape index (κ1) is 31.2. The summed E-state index contributed by atoms with van der Waals surface area (Å²) in [6.45, 7) is 21.9. The van der Waals surface area contributed by atoms with Crippen molar-refractivity contribution in [3.63, 3.8) is 0 Å². The van der Waals surface area contributed by atoms with Crippen molar-refractivity contribution in [1.29, 1.82) is 0 Å². The lowest BCUT2D eigenvalue weighted by Gasteiger charge is -2.40. The molecule has 1 aliphatic heterocycles. The third-order valence-electron chi connectivity index (χ3n) is 6.87. The summed E-state index contributed by atoms with van der Waals surface area (Å²) in [5.74, 6) is -1.10. The molecular weight excluding hydrogens is 485 g/mol. The summed E-state index contributed by atoms with van der Waals surface area (Å²) in [6, 6.07) is 0. The maximum atomic E-state index is 12.7. The highest BCUT2D eigenvalue weighted by atomic mass is 32.2. The Kier molecular flexibility index (Phi) is 10.9. The van der Waals surface area contributed by atoms with Crippen LogP contribution in [0.15, 0.2) is 24.5 Å². The average molecular weight is 529 g/mol. The van der Waals surface area contributed by atoms with E-state index >= 15 is 0 Å².